The van der Waals surface area contributed by atoms with E-state index in [0.29, 0.717) is 0 Å². The first-order chi connectivity index (χ1) is 26.3. The third-order valence-electron chi connectivity index (χ3n) is 11.7. The zero-order valence-corrected chi connectivity index (χ0v) is 28.8. The fraction of sp³-hybridized carbons (Fsp3) is 0. The molecule has 0 bridgehead atoms. The fourth-order valence-corrected chi connectivity index (χ4v) is 9.29. The van der Waals surface area contributed by atoms with E-state index in [4.69, 9.17) is 0 Å². The Morgan fingerprint density at radius 1 is 0.264 bits per heavy atom. The highest BCUT2D eigenvalue weighted by molar-refractivity contribution is 6.25. The molecule has 1 aliphatic rings. The summed E-state index contributed by atoms with van der Waals surface area (Å²) in [5.74, 6) is 0. The average Bonchev–Trinajstić information content (AvgIpc) is 3.74. The molecule has 0 saturated heterocycles. The van der Waals surface area contributed by atoms with Crippen LogP contribution >= 0.6 is 0 Å². The monoisotopic (exact) mass is 669 g/mol. The number of para-hydroxylation sites is 1. The number of hydrogen-bond acceptors (Lipinski definition) is 0. The van der Waals surface area contributed by atoms with Crippen LogP contribution < -0.4 is 0 Å². The van der Waals surface area contributed by atoms with Gasteiger partial charge in [-0.1, -0.05) is 152 Å². The largest absolute Gasteiger partial charge is 0.309 e. The van der Waals surface area contributed by atoms with Gasteiger partial charge in [0.2, 0.25) is 0 Å². The van der Waals surface area contributed by atoms with E-state index in [0.717, 1.165) is 0 Å². The number of hydrogen-bond donors (Lipinski definition) is 0. The van der Waals surface area contributed by atoms with Crippen LogP contribution in [0.3, 0.4) is 0 Å². The van der Waals surface area contributed by atoms with Crippen LogP contribution in [0, 0.1) is 0 Å². The minimum Gasteiger partial charge on any atom is -0.309 e. The van der Waals surface area contributed by atoms with Gasteiger partial charge >= 0.3 is 0 Å². The van der Waals surface area contributed by atoms with Gasteiger partial charge in [-0.3, -0.25) is 0 Å². The van der Waals surface area contributed by atoms with Crippen LogP contribution in [0.2, 0.25) is 0 Å². The summed E-state index contributed by atoms with van der Waals surface area (Å²) >= 11 is 0. The van der Waals surface area contributed by atoms with Crippen LogP contribution in [0.1, 0.15) is 0 Å². The number of aromatic nitrogens is 1. The fourth-order valence-electron chi connectivity index (χ4n) is 9.29. The lowest BCUT2D eigenvalue weighted by molar-refractivity contribution is 1.19. The van der Waals surface area contributed by atoms with Crippen LogP contribution in [0.5, 0.6) is 0 Å². The highest BCUT2D eigenvalue weighted by Gasteiger charge is 2.21. The van der Waals surface area contributed by atoms with Crippen molar-refractivity contribution in [2.45, 2.75) is 0 Å². The van der Waals surface area contributed by atoms with Crippen LogP contribution in [-0.4, -0.2) is 4.57 Å². The van der Waals surface area contributed by atoms with Crippen molar-refractivity contribution in [1.29, 1.82) is 0 Å². The normalized spacial score (nSPS) is 12.2. The summed E-state index contributed by atoms with van der Waals surface area (Å²) in [6, 6.07) is 69.7. The lowest BCUT2D eigenvalue weighted by Gasteiger charge is -2.14. The Kier molecular flexibility index (Phi) is 5.84. The van der Waals surface area contributed by atoms with E-state index in [2.05, 4.69) is 193 Å². The van der Waals surface area contributed by atoms with E-state index in [-0.39, 0.29) is 0 Å². The van der Waals surface area contributed by atoms with Crippen molar-refractivity contribution in [3.63, 3.8) is 0 Å². The maximum atomic E-state index is 2.44. The van der Waals surface area contributed by atoms with Crippen LogP contribution in [0.25, 0.3) is 115 Å². The molecule has 0 saturated carbocycles. The lowest BCUT2D eigenvalue weighted by atomic mass is 9.94. The molecular formula is C52H31N. The van der Waals surface area contributed by atoms with Gasteiger partial charge in [0.15, 0.2) is 0 Å². The molecule has 0 amide bonds. The molecule has 0 aliphatic heterocycles. The summed E-state index contributed by atoms with van der Waals surface area (Å²) in [5, 5.41) is 13.0. The molecule has 1 nitrogen and oxygen atoms in total. The molecule has 53 heavy (non-hydrogen) atoms. The molecule has 11 aromatic rings. The molecule has 244 valence electrons. The molecule has 1 aliphatic carbocycles. The number of fused-ring (bicyclic) bond motifs is 12. The molecule has 1 heterocycles. The van der Waals surface area contributed by atoms with E-state index in [1.165, 1.54) is 115 Å². The van der Waals surface area contributed by atoms with Gasteiger partial charge in [-0.05, 0) is 124 Å². The van der Waals surface area contributed by atoms with Crippen molar-refractivity contribution in [3.8, 4) is 50.2 Å². The van der Waals surface area contributed by atoms with Gasteiger partial charge in [-0.15, -0.1) is 0 Å². The smallest absolute Gasteiger partial charge is 0.0541 e. The SMILES string of the molecule is c1cc2c3c(cccc3c1)-c1cc(-c3ccc(-c4ccc5c(c4)c4ccccc4n5-c4ccc5c6ccccc6c6ccccc6c5c4)cc3)ccc1-2. The lowest BCUT2D eigenvalue weighted by Crippen LogP contribution is -1.94. The highest BCUT2D eigenvalue weighted by Crippen LogP contribution is 2.48. The van der Waals surface area contributed by atoms with Crippen molar-refractivity contribution in [1.82, 2.24) is 4.57 Å². The average molecular weight is 670 g/mol. The number of benzene rings is 10. The Morgan fingerprint density at radius 2 is 0.792 bits per heavy atom. The summed E-state index contributed by atoms with van der Waals surface area (Å²) in [4.78, 5) is 0. The van der Waals surface area contributed by atoms with Gasteiger partial charge in [0.05, 0.1) is 11.0 Å². The second kappa shape index (κ2) is 10.8. The molecule has 10 aromatic carbocycles. The van der Waals surface area contributed by atoms with Gasteiger partial charge in [-0.2, -0.15) is 0 Å². The molecule has 1 aromatic heterocycles. The number of nitrogens with zero attached hydrogens (tertiary/aromatic N) is 1. The molecule has 0 fully saturated rings. The molecule has 0 spiro atoms. The zero-order chi connectivity index (χ0) is 34.6. The van der Waals surface area contributed by atoms with E-state index < -0.39 is 0 Å². The van der Waals surface area contributed by atoms with Gasteiger partial charge < -0.3 is 4.57 Å². The molecule has 0 N–H and O–H groups in total. The Labute approximate surface area is 306 Å². The minimum atomic E-state index is 1.18. The Bertz CT molecular complexity index is 3280. The van der Waals surface area contributed by atoms with Gasteiger partial charge in [0, 0.05) is 16.5 Å². The second-order valence-corrected chi connectivity index (χ2v) is 14.5. The van der Waals surface area contributed by atoms with Crippen molar-refractivity contribution >= 4 is 64.9 Å². The van der Waals surface area contributed by atoms with Crippen molar-refractivity contribution in [3.05, 3.63) is 188 Å². The summed E-state index contributed by atoms with van der Waals surface area (Å²) in [5.41, 5.74) is 13.9. The van der Waals surface area contributed by atoms with Crippen LogP contribution in [0.15, 0.2) is 188 Å². The minimum absolute atomic E-state index is 1.18. The van der Waals surface area contributed by atoms with Crippen molar-refractivity contribution in [2.24, 2.45) is 0 Å². The Morgan fingerprint density at radius 3 is 1.49 bits per heavy atom. The summed E-state index contributed by atoms with van der Waals surface area (Å²) in [6.45, 7) is 0. The van der Waals surface area contributed by atoms with Gasteiger partial charge in [0.1, 0.15) is 0 Å². The molecular weight excluding hydrogens is 639 g/mol. The summed E-state index contributed by atoms with van der Waals surface area (Å²) in [6.07, 6.45) is 0. The first-order valence-corrected chi connectivity index (χ1v) is 18.4. The highest BCUT2D eigenvalue weighted by atomic mass is 15.0. The molecule has 0 unspecified atom stereocenters. The maximum absolute atomic E-state index is 2.44. The quantitative estimate of drug-likeness (QED) is 0.165. The first-order valence-electron chi connectivity index (χ1n) is 18.4. The predicted octanol–water partition coefficient (Wildman–Crippen LogP) is 14.4. The molecule has 12 rings (SSSR count). The topological polar surface area (TPSA) is 4.93 Å². The first kappa shape index (κ1) is 28.7. The zero-order valence-electron chi connectivity index (χ0n) is 28.8. The summed E-state index contributed by atoms with van der Waals surface area (Å²) < 4.78 is 2.44. The third-order valence-corrected chi connectivity index (χ3v) is 11.7. The number of rotatable bonds is 3. The van der Waals surface area contributed by atoms with Crippen LogP contribution in [0.4, 0.5) is 0 Å². The van der Waals surface area contributed by atoms with Crippen molar-refractivity contribution in [2.75, 3.05) is 0 Å². The maximum Gasteiger partial charge on any atom is 0.0541 e. The van der Waals surface area contributed by atoms with E-state index in [9.17, 15) is 0 Å². The third kappa shape index (κ3) is 4.08. The standard InChI is InChI=1S/C52H31N/c1-2-13-40-38(11-1)39-12-3-4-14-41(39)48-31-37(25-27-42(40)48)53-50-18-6-5-15-44(50)49-30-36(24-28-51(49)53)33-21-19-32(20-22-33)35-23-26-43-45-16-7-9-34-10-8-17-46(52(34)45)47(43)29-35/h1-31H. The van der Waals surface area contributed by atoms with Gasteiger partial charge in [-0.25, -0.2) is 0 Å². The van der Waals surface area contributed by atoms with Crippen molar-refractivity contribution < 1.29 is 0 Å². The van der Waals surface area contributed by atoms with E-state index in [1.54, 1.807) is 0 Å². The molecule has 1 heteroatoms. The summed E-state index contributed by atoms with van der Waals surface area (Å²) in [7, 11) is 0. The predicted molar refractivity (Wildman–Crippen MR) is 226 cm³/mol. The second-order valence-electron chi connectivity index (χ2n) is 14.5. The Hall–Kier alpha value is -6.96. The molecule has 0 atom stereocenters. The van der Waals surface area contributed by atoms with Crippen LogP contribution in [-0.2, 0) is 0 Å². The molecule has 0 radical (unpaired) electrons. The Balaban J connectivity index is 0.961. The van der Waals surface area contributed by atoms with E-state index in [1.807, 2.05) is 0 Å². The van der Waals surface area contributed by atoms with E-state index >= 15 is 0 Å². The van der Waals surface area contributed by atoms with Gasteiger partial charge in [0.25, 0.3) is 0 Å².